The fourth-order valence-electron chi connectivity index (χ4n) is 2.36. The Morgan fingerprint density at radius 2 is 2.07 bits per heavy atom. The molecule has 0 radical (unpaired) electrons. The van der Waals surface area contributed by atoms with Crippen LogP contribution in [0.2, 0.25) is 0 Å². The highest BCUT2D eigenvalue weighted by atomic mass is 32.1. The van der Waals surface area contributed by atoms with E-state index in [0.717, 1.165) is 11.8 Å². The van der Waals surface area contributed by atoms with E-state index in [1.807, 2.05) is 0 Å². The van der Waals surface area contributed by atoms with Gasteiger partial charge in [-0.1, -0.05) is 25.8 Å². The molecule has 1 saturated carbocycles. The van der Waals surface area contributed by atoms with Crippen LogP contribution in [0.1, 0.15) is 43.5 Å². The lowest BCUT2D eigenvalue weighted by molar-refractivity contribution is 0.258. The first-order chi connectivity index (χ1) is 6.77. The van der Waals surface area contributed by atoms with Crippen molar-refractivity contribution in [2.75, 3.05) is 0 Å². The van der Waals surface area contributed by atoms with Gasteiger partial charge in [-0.15, -0.1) is 11.3 Å². The second-order valence-electron chi connectivity index (χ2n) is 4.56. The van der Waals surface area contributed by atoms with E-state index in [9.17, 15) is 0 Å². The molecule has 0 aliphatic heterocycles. The molecule has 1 atom stereocenters. The second kappa shape index (κ2) is 4.45. The molecular formula is C12H19NS. The van der Waals surface area contributed by atoms with Crippen LogP contribution in [0.25, 0.3) is 0 Å². The van der Waals surface area contributed by atoms with Gasteiger partial charge in [-0.2, -0.15) is 0 Å². The summed E-state index contributed by atoms with van der Waals surface area (Å²) in [5.74, 6) is 1.65. The Kier molecular flexibility index (Phi) is 3.24. The number of thiophene rings is 1. The Hall–Kier alpha value is -0.340. The van der Waals surface area contributed by atoms with Gasteiger partial charge >= 0.3 is 0 Å². The van der Waals surface area contributed by atoms with Gasteiger partial charge in [0.1, 0.15) is 0 Å². The first kappa shape index (κ1) is 10.2. The van der Waals surface area contributed by atoms with Crippen LogP contribution in [0.5, 0.6) is 0 Å². The van der Waals surface area contributed by atoms with Crippen LogP contribution in [-0.2, 0) is 0 Å². The lowest BCUT2D eigenvalue weighted by Gasteiger charge is -2.30. The van der Waals surface area contributed by atoms with Gasteiger partial charge in [-0.3, -0.25) is 0 Å². The SMILES string of the molecule is CC1CCC(C(N)c2cccs2)CC1. The molecule has 0 aromatic carbocycles. The molecule has 0 bridgehead atoms. The fraction of sp³-hybridized carbons (Fsp3) is 0.667. The Labute approximate surface area is 90.3 Å². The first-order valence-electron chi connectivity index (χ1n) is 5.56. The normalized spacial score (nSPS) is 30.1. The predicted molar refractivity (Wildman–Crippen MR) is 62.4 cm³/mol. The van der Waals surface area contributed by atoms with Gasteiger partial charge in [0.15, 0.2) is 0 Å². The third-order valence-electron chi connectivity index (χ3n) is 3.44. The zero-order valence-corrected chi connectivity index (χ0v) is 9.59. The van der Waals surface area contributed by atoms with Crippen LogP contribution in [0.4, 0.5) is 0 Å². The molecule has 78 valence electrons. The minimum atomic E-state index is 0.294. The van der Waals surface area contributed by atoms with Gasteiger partial charge in [0.25, 0.3) is 0 Å². The highest BCUT2D eigenvalue weighted by Crippen LogP contribution is 2.36. The van der Waals surface area contributed by atoms with E-state index in [1.54, 1.807) is 11.3 Å². The van der Waals surface area contributed by atoms with Gasteiger partial charge in [0.05, 0.1) is 0 Å². The molecule has 1 unspecified atom stereocenters. The Balaban J connectivity index is 1.95. The smallest absolute Gasteiger partial charge is 0.0418 e. The quantitative estimate of drug-likeness (QED) is 0.791. The molecule has 2 heteroatoms. The number of nitrogens with two attached hydrogens (primary N) is 1. The van der Waals surface area contributed by atoms with E-state index in [2.05, 4.69) is 24.4 Å². The summed E-state index contributed by atoms with van der Waals surface area (Å²) in [4.78, 5) is 1.37. The van der Waals surface area contributed by atoms with Crippen LogP contribution in [-0.4, -0.2) is 0 Å². The summed E-state index contributed by atoms with van der Waals surface area (Å²) in [5.41, 5.74) is 6.27. The fourth-order valence-corrected chi connectivity index (χ4v) is 3.18. The number of hydrogen-bond donors (Lipinski definition) is 1. The summed E-state index contributed by atoms with van der Waals surface area (Å²) in [6.45, 7) is 2.35. The van der Waals surface area contributed by atoms with Crippen molar-refractivity contribution in [1.82, 2.24) is 0 Å². The van der Waals surface area contributed by atoms with Gasteiger partial charge < -0.3 is 5.73 Å². The minimum Gasteiger partial charge on any atom is -0.323 e. The summed E-state index contributed by atoms with van der Waals surface area (Å²) >= 11 is 1.80. The summed E-state index contributed by atoms with van der Waals surface area (Å²) in [5, 5.41) is 2.13. The minimum absolute atomic E-state index is 0.294. The molecule has 1 heterocycles. The largest absolute Gasteiger partial charge is 0.323 e. The van der Waals surface area contributed by atoms with Gasteiger partial charge in [0.2, 0.25) is 0 Å². The van der Waals surface area contributed by atoms with E-state index in [0.29, 0.717) is 6.04 Å². The first-order valence-corrected chi connectivity index (χ1v) is 6.44. The van der Waals surface area contributed by atoms with Crippen LogP contribution in [0.3, 0.4) is 0 Å². The molecule has 1 aromatic rings. The van der Waals surface area contributed by atoms with Crippen molar-refractivity contribution in [2.45, 2.75) is 38.6 Å². The van der Waals surface area contributed by atoms with E-state index in [1.165, 1.54) is 30.6 Å². The molecule has 2 N–H and O–H groups in total. The summed E-state index contributed by atoms with van der Waals surface area (Å²) in [6, 6.07) is 4.57. The third-order valence-corrected chi connectivity index (χ3v) is 4.41. The predicted octanol–water partition coefficient (Wildman–Crippen LogP) is 3.57. The van der Waals surface area contributed by atoms with Gasteiger partial charge in [-0.25, -0.2) is 0 Å². The Bertz CT molecular complexity index is 260. The number of rotatable bonds is 2. The average molecular weight is 209 g/mol. The molecule has 14 heavy (non-hydrogen) atoms. The van der Waals surface area contributed by atoms with E-state index >= 15 is 0 Å². The Morgan fingerprint density at radius 3 is 2.64 bits per heavy atom. The van der Waals surface area contributed by atoms with Crippen molar-refractivity contribution in [3.05, 3.63) is 22.4 Å². The van der Waals surface area contributed by atoms with Crippen molar-refractivity contribution in [1.29, 1.82) is 0 Å². The monoisotopic (exact) mass is 209 g/mol. The molecule has 2 rings (SSSR count). The van der Waals surface area contributed by atoms with Crippen molar-refractivity contribution in [2.24, 2.45) is 17.6 Å². The van der Waals surface area contributed by atoms with Crippen molar-refractivity contribution >= 4 is 11.3 Å². The van der Waals surface area contributed by atoms with E-state index in [-0.39, 0.29) is 0 Å². The maximum Gasteiger partial charge on any atom is 0.0418 e. The highest BCUT2D eigenvalue weighted by molar-refractivity contribution is 7.10. The maximum atomic E-state index is 6.27. The second-order valence-corrected chi connectivity index (χ2v) is 5.54. The molecule has 1 aliphatic carbocycles. The van der Waals surface area contributed by atoms with E-state index in [4.69, 9.17) is 5.73 Å². The maximum absolute atomic E-state index is 6.27. The van der Waals surface area contributed by atoms with Gasteiger partial charge in [0, 0.05) is 10.9 Å². The topological polar surface area (TPSA) is 26.0 Å². The van der Waals surface area contributed by atoms with Crippen LogP contribution in [0, 0.1) is 11.8 Å². The highest BCUT2D eigenvalue weighted by Gasteiger charge is 2.24. The van der Waals surface area contributed by atoms with Gasteiger partial charge in [-0.05, 0) is 36.1 Å². The zero-order valence-electron chi connectivity index (χ0n) is 8.78. The summed E-state index contributed by atoms with van der Waals surface area (Å²) in [6.07, 6.45) is 5.37. The van der Waals surface area contributed by atoms with Crippen molar-refractivity contribution < 1.29 is 0 Å². The lowest BCUT2D eigenvalue weighted by Crippen LogP contribution is -2.24. The average Bonchev–Trinajstić information content (AvgIpc) is 2.71. The molecule has 1 aliphatic rings. The van der Waals surface area contributed by atoms with Crippen LogP contribution in [0.15, 0.2) is 17.5 Å². The molecule has 0 spiro atoms. The summed E-state index contributed by atoms with van der Waals surface area (Å²) in [7, 11) is 0. The van der Waals surface area contributed by atoms with Crippen LogP contribution >= 0.6 is 11.3 Å². The molecule has 0 amide bonds. The standard InChI is InChI=1S/C12H19NS/c1-9-4-6-10(7-5-9)12(13)11-3-2-8-14-11/h2-3,8-10,12H,4-7,13H2,1H3. The zero-order chi connectivity index (χ0) is 9.97. The number of hydrogen-bond acceptors (Lipinski definition) is 2. The molecule has 1 fully saturated rings. The van der Waals surface area contributed by atoms with Crippen molar-refractivity contribution in [3.8, 4) is 0 Å². The molecule has 1 nitrogen and oxygen atoms in total. The third kappa shape index (κ3) is 2.18. The molecular weight excluding hydrogens is 190 g/mol. The van der Waals surface area contributed by atoms with E-state index < -0.39 is 0 Å². The lowest BCUT2D eigenvalue weighted by atomic mass is 9.79. The van der Waals surface area contributed by atoms with Crippen LogP contribution < -0.4 is 5.73 Å². The summed E-state index contributed by atoms with van der Waals surface area (Å²) < 4.78 is 0. The molecule has 0 saturated heterocycles. The van der Waals surface area contributed by atoms with Crippen molar-refractivity contribution in [3.63, 3.8) is 0 Å². The molecule has 1 aromatic heterocycles. The Morgan fingerprint density at radius 1 is 1.36 bits per heavy atom.